The van der Waals surface area contributed by atoms with Gasteiger partial charge in [-0.15, -0.1) is 0 Å². The van der Waals surface area contributed by atoms with Crippen LogP contribution in [0.4, 0.5) is 10.1 Å². The second kappa shape index (κ2) is 7.85. The molecule has 0 spiro atoms. The predicted octanol–water partition coefficient (Wildman–Crippen LogP) is 4.89. The number of nitrogens with one attached hydrogen (secondary N) is 1. The van der Waals surface area contributed by atoms with E-state index in [1.807, 2.05) is 58.1 Å². The largest absolute Gasteiger partial charge is 0.508 e. The predicted molar refractivity (Wildman–Crippen MR) is 122 cm³/mol. The molecule has 0 radical (unpaired) electrons. The average Bonchev–Trinajstić information content (AvgIpc) is 3.40. The van der Waals surface area contributed by atoms with Gasteiger partial charge in [0.2, 0.25) is 0 Å². The topological polar surface area (TPSA) is 53.3 Å². The van der Waals surface area contributed by atoms with E-state index in [2.05, 4.69) is 10.3 Å². The van der Waals surface area contributed by atoms with E-state index >= 15 is 0 Å². The Morgan fingerprint density at radius 1 is 0.903 bits per heavy atom. The van der Waals surface area contributed by atoms with Crippen molar-refractivity contribution in [2.75, 3.05) is 4.90 Å². The van der Waals surface area contributed by atoms with Crippen LogP contribution < -0.4 is 10.2 Å². The third kappa shape index (κ3) is 3.53. The third-order valence-corrected chi connectivity index (χ3v) is 5.73. The maximum absolute atomic E-state index is 13.5. The van der Waals surface area contributed by atoms with Crippen LogP contribution in [0.25, 0.3) is 5.69 Å². The molecule has 2 aromatic carbocycles. The smallest absolute Gasteiger partial charge is 0.174 e. The Kier molecular flexibility index (Phi) is 4.88. The maximum Gasteiger partial charge on any atom is 0.174 e. The van der Waals surface area contributed by atoms with Gasteiger partial charge in [0.25, 0.3) is 0 Å². The van der Waals surface area contributed by atoms with E-state index in [4.69, 9.17) is 12.2 Å². The summed E-state index contributed by atoms with van der Waals surface area (Å²) in [5.41, 5.74) is 3.54. The fraction of sp³-hybridized carbons (Fsp3) is 0.0833. The van der Waals surface area contributed by atoms with Crippen LogP contribution in [0, 0.1) is 5.82 Å². The number of anilines is 1. The zero-order valence-electron chi connectivity index (χ0n) is 16.4. The molecule has 2 aromatic heterocycles. The Balaban J connectivity index is 1.66. The standard InChI is InChI=1S/C24H19FN4OS/c25-16-6-8-17(9-7-16)28-15-3-5-21(28)23-22(20-4-1-2-14-26-20)27-24(31)29(23)18-10-12-19(30)13-11-18/h1-15,22-23,30H,(H,27,31)/t22-,23+/m0/s1. The molecule has 154 valence electrons. The van der Waals surface area contributed by atoms with Crippen LogP contribution in [0.1, 0.15) is 23.5 Å². The molecule has 0 bridgehead atoms. The van der Waals surface area contributed by atoms with Crippen LogP contribution in [0.5, 0.6) is 5.75 Å². The van der Waals surface area contributed by atoms with E-state index in [0.717, 1.165) is 22.8 Å². The van der Waals surface area contributed by atoms with Crippen molar-refractivity contribution < 1.29 is 9.50 Å². The van der Waals surface area contributed by atoms with Crippen LogP contribution in [-0.2, 0) is 0 Å². The lowest BCUT2D eigenvalue weighted by molar-refractivity contribution is 0.475. The number of benzene rings is 2. The van der Waals surface area contributed by atoms with Crippen molar-refractivity contribution in [3.63, 3.8) is 0 Å². The number of pyridine rings is 1. The number of halogens is 1. The van der Waals surface area contributed by atoms with Gasteiger partial charge in [-0.05, 0) is 85.0 Å². The van der Waals surface area contributed by atoms with Crippen LogP contribution in [0.15, 0.2) is 91.3 Å². The highest BCUT2D eigenvalue weighted by Crippen LogP contribution is 2.42. The molecule has 0 unspecified atom stereocenters. The van der Waals surface area contributed by atoms with E-state index in [0.29, 0.717) is 5.11 Å². The molecule has 0 aliphatic carbocycles. The van der Waals surface area contributed by atoms with Gasteiger partial charge >= 0.3 is 0 Å². The van der Waals surface area contributed by atoms with Crippen LogP contribution in [-0.4, -0.2) is 19.8 Å². The maximum atomic E-state index is 13.5. The van der Waals surface area contributed by atoms with E-state index in [-0.39, 0.29) is 23.7 Å². The summed E-state index contributed by atoms with van der Waals surface area (Å²) in [6.07, 6.45) is 3.72. The molecule has 31 heavy (non-hydrogen) atoms. The first-order valence-electron chi connectivity index (χ1n) is 9.85. The van der Waals surface area contributed by atoms with Gasteiger partial charge in [-0.3, -0.25) is 4.98 Å². The fourth-order valence-corrected chi connectivity index (χ4v) is 4.36. The minimum Gasteiger partial charge on any atom is -0.508 e. The molecule has 1 saturated heterocycles. The molecule has 1 aliphatic rings. The summed E-state index contributed by atoms with van der Waals surface area (Å²) in [5, 5.41) is 13.7. The second-order valence-corrected chi connectivity index (χ2v) is 7.68. The van der Waals surface area contributed by atoms with E-state index in [1.54, 1.807) is 30.5 Å². The summed E-state index contributed by atoms with van der Waals surface area (Å²) in [4.78, 5) is 6.60. The minimum absolute atomic E-state index is 0.189. The van der Waals surface area contributed by atoms with Crippen LogP contribution in [0.3, 0.4) is 0 Å². The molecule has 7 heteroatoms. The van der Waals surface area contributed by atoms with E-state index < -0.39 is 0 Å². The summed E-state index contributed by atoms with van der Waals surface area (Å²) in [6, 6.07) is 22.7. The highest BCUT2D eigenvalue weighted by molar-refractivity contribution is 7.80. The Morgan fingerprint density at radius 2 is 1.65 bits per heavy atom. The van der Waals surface area contributed by atoms with Crippen molar-refractivity contribution in [1.29, 1.82) is 0 Å². The summed E-state index contributed by atoms with van der Waals surface area (Å²) in [6.45, 7) is 0. The van der Waals surface area contributed by atoms with Crippen molar-refractivity contribution in [2.24, 2.45) is 0 Å². The third-order valence-electron chi connectivity index (χ3n) is 5.41. The summed E-state index contributed by atoms with van der Waals surface area (Å²) in [5.74, 6) is -0.0902. The number of thiocarbonyl (C=S) groups is 1. The Hall–Kier alpha value is -3.71. The first-order valence-corrected chi connectivity index (χ1v) is 10.3. The highest BCUT2D eigenvalue weighted by atomic mass is 32.1. The first-order chi connectivity index (χ1) is 15.1. The van der Waals surface area contributed by atoms with E-state index in [9.17, 15) is 9.50 Å². The molecular formula is C24H19FN4OS. The molecule has 2 N–H and O–H groups in total. The Morgan fingerprint density at radius 3 is 2.35 bits per heavy atom. The summed E-state index contributed by atoms with van der Waals surface area (Å²) in [7, 11) is 0. The van der Waals surface area contributed by atoms with Crippen molar-refractivity contribution in [3.05, 3.63) is 108 Å². The van der Waals surface area contributed by atoms with Crippen LogP contribution in [0.2, 0.25) is 0 Å². The molecule has 2 atom stereocenters. The van der Waals surface area contributed by atoms with Gasteiger partial charge in [-0.1, -0.05) is 6.07 Å². The van der Waals surface area contributed by atoms with Gasteiger partial charge in [0.15, 0.2) is 5.11 Å². The van der Waals surface area contributed by atoms with Crippen molar-refractivity contribution in [2.45, 2.75) is 12.1 Å². The van der Waals surface area contributed by atoms with Gasteiger partial charge in [-0.2, -0.15) is 0 Å². The van der Waals surface area contributed by atoms with Gasteiger partial charge in [0, 0.05) is 29.5 Å². The van der Waals surface area contributed by atoms with Gasteiger partial charge < -0.3 is 19.9 Å². The summed E-state index contributed by atoms with van der Waals surface area (Å²) < 4.78 is 15.5. The number of nitrogens with zero attached hydrogens (tertiary/aromatic N) is 3. The van der Waals surface area contributed by atoms with Crippen LogP contribution >= 0.6 is 12.2 Å². The monoisotopic (exact) mass is 430 g/mol. The number of aromatic hydroxyl groups is 1. The van der Waals surface area contributed by atoms with Crippen molar-refractivity contribution in [3.8, 4) is 11.4 Å². The highest BCUT2D eigenvalue weighted by Gasteiger charge is 2.42. The molecule has 3 heterocycles. The SMILES string of the molecule is Oc1ccc(N2C(=S)N[C@@H](c3ccccn3)[C@H]2c2cccn2-c2ccc(F)cc2)cc1. The molecule has 1 fully saturated rings. The van der Waals surface area contributed by atoms with Gasteiger partial charge in [0.05, 0.1) is 11.7 Å². The molecule has 1 aliphatic heterocycles. The molecule has 5 rings (SSSR count). The average molecular weight is 431 g/mol. The lowest BCUT2D eigenvalue weighted by Gasteiger charge is -2.29. The zero-order chi connectivity index (χ0) is 21.4. The Bertz CT molecular complexity index is 1210. The molecular weight excluding hydrogens is 411 g/mol. The number of aromatic nitrogens is 2. The normalized spacial score (nSPS) is 18.2. The second-order valence-electron chi connectivity index (χ2n) is 7.29. The molecule has 0 saturated carbocycles. The number of phenolic OH excluding ortho intramolecular Hbond substituents is 1. The minimum atomic E-state index is -0.279. The fourth-order valence-electron chi connectivity index (χ4n) is 4.02. The summed E-state index contributed by atoms with van der Waals surface area (Å²) >= 11 is 5.73. The molecule has 5 nitrogen and oxygen atoms in total. The number of phenols is 1. The number of hydrogen-bond acceptors (Lipinski definition) is 3. The number of hydrogen-bond donors (Lipinski definition) is 2. The zero-order valence-corrected chi connectivity index (χ0v) is 17.2. The quantitative estimate of drug-likeness (QED) is 0.452. The van der Waals surface area contributed by atoms with Gasteiger partial charge in [-0.25, -0.2) is 4.39 Å². The number of rotatable bonds is 4. The Labute approximate surface area is 184 Å². The van der Waals surface area contributed by atoms with Gasteiger partial charge in [0.1, 0.15) is 17.6 Å². The lowest BCUT2D eigenvalue weighted by atomic mass is 10.0. The van der Waals surface area contributed by atoms with Crippen molar-refractivity contribution in [1.82, 2.24) is 14.9 Å². The first kappa shape index (κ1) is 19.3. The lowest BCUT2D eigenvalue weighted by Crippen LogP contribution is -2.30. The van der Waals surface area contributed by atoms with E-state index in [1.165, 1.54) is 12.1 Å². The molecule has 4 aromatic rings. The molecule has 0 amide bonds. The van der Waals surface area contributed by atoms with Crippen molar-refractivity contribution >= 4 is 23.0 Å².